The van der Waals surface area contributed by atoms with Gasteiger partial charge in [0.1, 0.15) is 6.04 Å². The number of amides is 1. The second kappa shape index (κ2) is 6.81. The van der Waals surface area contributed by atoms with Gasteiger partial charge in [-0.15, -0.1) is 10.2 Å². The molecule has 1 heterocycles. The Bertz CT molecular complexity index is 752. The van der Waals surface area contributed by atoms with Crippen molar-refractivity contribution < 1.29 is 18.0 Å². The number of hydrogen-bond acceptors (Lipinski definition) is 4. The van der Waals surface area contributed by atoms with Crippen LogP contribution in [0, 0.1) is 0 Å². The maximum atomic E-state index is 12.8. The fourth-order valence-corrected chi connectivity index (χ4v) is 2.84. The molecule has 1 N–H and O–H groups in total. The average Bonchev–Trinajstić information content (AvgIpc) is 3.25. The predicted octanol–water partition coefficient (Wildman–Crippen LogP) is 2.98. The molecule has 0 saturated heterocycles. The molecule has 1 aromatic heterocycles. The highest BCUT2D eigenvalue weighted by Gasteiger charge is 2.31. The Morgan fingerprint density at radius 1 is 1.32 bits per heavy atom. The van der Waals surface area contributed by atoms with Gasteiger partial charge in [-0.1, -0.05) is 25.0 Å². The standard InChI is InChI=1S/C16H18F3N5O/c1-10(15(25)20-13-7-2-3-8-13)24-22-14(21-23-24)11-5-4-6-12(9-11)16(17,18)19/h4-6,9-10,13H,2-3,7-8H2,1H3,(H,20,25). The van der Waals surface area contributed by atoms with Gasteiger partial charge in [0.2, 0.25) is 11.7 Å². The second-order valence-electron chi connectivity index (χ2n) is 6.18. The van der Waals surface area contributed by atoms with E-state index in [2.05, 4.69) is 20.7 Å². The highest BCUT2D eigenvalue weighted by Crippen LogP contribution is 2.31. The first kappa shape index (κ1) is 17.4. The first-order valence-electron chi connectivity index (χ1n) is 8.12. The third kappa shape index (κ3) is 3.97. The van der Waals surface area contributed by atoms with Crippen LogP contribution < -0.4 is 5.32 Å². The summed E-state index contributed by atoms with van der Waals surface area (Å²) in [5, 5.41) is 14.6. The molecule has 1 aliphatic carbocycles. The van der Waals surface area contributed by atoms with Crippen LogP contribution in [0.1, 0.15) is 44.2 Å². The van der Waals surface area contributed by atoms with Crippen molar-refractivity contribution in [3.63, 3.8) is 0 Å². The van der Waals surface area contributed by atoms with Gasteiger partial charge in [-0.2, -0.15) is 18.0 Å². The molecule has 1 atom stereocenters. The summed E-state index contributed by atoms with van der Waals surface area (Å²) >= 11 is 0. The minimum absolute atomic E-state index is 0.0478. The number of carbonyl (C=O) groups is 1. The maximum Gasteiger partial charge on any atom is 0.416 e. The van der Waals surface area contributed by atoms with Gasteiger partial charge in [-0.25, -0.2) is 0 Å². The Morgan fingerprint density at radius 3 is 2.72 bits per heavy atom. The minimum Gasteiger partial charge on any atom is -0.351 e. The van der Waals surface area contributed by atoms with Crippen LogP contribution in [0.25, 0.3) is 11.4 Å². The SMILES string of the molecule is CC(C(=O)NC1CCCC1)n1nnc(-c2cccc(C(F)(F)F)c2)n1. The highest BCUT2D eigenvalue weighted by molar-refractivity contribution is 5.80. The topological polar surface area (TPSA) is 72.7 Å². The number of carbonyl (C=O) groups excluding carboxylic acids is 1. The van der Waals surface area contributed by atoms with Crippen molar-refractivity contribution >= 4 is 5.91 Å². The second-order valence-corrected chi connectivity index (χ2v) is 6.18. The molecular weight excluding hydrogens is 335 g/mol. The number of aromatic nitrogens is 4. The van der Waals surface area contributed by atoms with Gasteiger partial charge in [-0.3, -0.25) is 4.79 Å². The van der Waals surface area contributed by atoms with Gasteiger partial charge >= 0.3 is 6.18 Å². The quantitative estimate of drug-likeness (QED) is 0.917. The maximum absolute atomic E-state index is 12.8. The normalized spacial score (nSPS) is 16.8. The Balaban J connectivity index is 1.74. The zero-order valence-electron chi connectivity index (χ0n) is 13.6. The molecule has 1 fully saturated rings. The molecule has 6 nitrogen and oxygen atoms in total. The molecule has 1 aromatic carbocycles. The van der Waals surface area contributed by atoms with Crippen LogP contribution >= 0.6 is 0 Å². The van der Waals surface area contributed by atoms with Crippen LogP contribution in [-0.2, 0) is 11.0 Å². The van der Waals surface area contributed by atoms with Gasteiger partial charge < -0.3 is 5.32 Å². The first-order valence-corrected chi connectivity index (χ1v) is 8.12. The molecule has 0 aliphatic heterocycles. The number of alkyl halides is 3. The van der Waals surface area contributed by atoms with Crippen molar-refractivity contribution in [3.8, 4) is 11.4 Å². The fourth-order valence-electron chi connectivity index (χ4n) is 2.84. The summed E-state index contributed by atoms with van der Waals surface area (Å²) < 4.78 is 38.4. The van der Waals surface area contributed by atoms with Crippen molar-refractivity contribution in [1.29, 1.82) is 0 Å². The van der Waals surface area contributed by atoms with Crippen LogP contribution in [0.3, 0.4) is 0 Å². The molecule has 0 spiro atoms. The van der Waals surface area contributed by atoms with Crippen molar-refractivity contribution in [1.82, 2.24) is 25.5 Å². The van der Waals surface area contributed by atoms with E-state index in [0.717, 1.165) is 42.6 Å². The first-order chi connectivity index (χ1) is 11.8. The number of halogens is 3. The third-order valence-corrected chi connectivity index (χ3v) is 4.30. The van der Waals surface area contributed by atoms with Gasteiger partial charge in [-0.05, 0) is 37.1 Å². The highest BCUT2D eigenvalue weighted by atomic mass is 19.4. The summed E-state index contributed by atoms with van der Waals surface area (Å²) in [5.41, 5.74) is -0.585. The van der Waals surface area contributed by atoms with Gasteiger partial charge in [0, 0.05) is 11.6 Å². The van der Waals surface area contributed by atoms with Crippen molar-refractivity contribution in [3.05, 3.63) is 29.8 Å². The molecule has 0 bridgehead atoms. The van der Waals surface area contributed by atoms with E-state index in [-0.39, 0.29) is 23.3 Å². The van der Waals surface area contributed by atoms with Gasteiger partial charge in [0.05, 0.1) is 5.56 Å². The molecule has 134 valence electrons. The number of tetrazole rings is 1. The lowest BCUT2D eigenvalue weighted by atomic mass is 10.1. The molecule has 1 amide bonds. The van der Waals surface area contributed by atoms with Crippen LogP contribution in [0.5, 0.6) is 0 Å². The fraction of sp³-hybridized carbons (Fsp3) is 0.500. The molecule has 9 heteroatoms. The summed E-state index contributed by atoms with van der Waals surface area (Å²) in [5.74, 6) is -0.175. The van der Waals surface area contributed by atoms with Gasteiger partial charge in [0.25, 0.3) is 0 Å². The lowest BCUT2D eigenvalue weighted by molar-refractivity contribution is -0.137. The Kier molecular flexibility index (Phi) is 4.73. The molecule has 2 aromatic rings. The van der Waals surface area contributed by atoms with Crippen LogP contribution in [-0.4, -0.2) is 32.2 Å². The van der Waals surface area contributed by atoms with E-state index in [9.17, 15) is 18.0 Å². The Hall–Kier alpha value is -2.45. The zero-order valence-corrected chi connectivity index (χ0v) is 13.6. The molecule has 1 aliphatic rings. The van der Waals surface area contributed by atoms with E-state index in [4.69, 9.17) is 0 Å². The summed E-state index contributed by atoms with van der Waals surface area (Å²) in [6.45, 7) is 1.63. The number of nitrogens with one attached hydrogen (secondary N) is 1. The summed E-state index contributed by atoms with van der Waals surface area (Å²) in [7, 11) is 0. The number of rotatable bonds is 4. The molecular formula is C16H18F3N5O. The van der Waals surface area contributed by atoms with E-state index in [1.54, 1.807) is 6.92 Å². The third-order valence-electron chi connectivity index (χ3n) is 4.30. The summed E-state index contributed by atoms with van der Waals surface area (Å²) in [4.78, 5) is 13.4. The lowest BCUT2D eigenvalue weighted by Gasteiger charge is -2.15. The van der Waals surface area contributed by atoms with Crippen molar-refractivity contribution in [2.45, 2.75) is 50.9 Å². The van der Waals surface area contributed by atoms with Crippen molar-refractivity contribution in [2.24, 2.45) is 0 Å². The number of nitrogens with zero attached hydrogens (tertiary/aromatic N) is 4. The van der Waals surface area contributed by atoms with Crippen molar-refractivity contribution in [2.75, 3.05) is 0 Å². The van der Waals surface area contributed by atoms with E-state index < -0.39 is 17.8 Å². The smallest absolute Gasteiger partial charge is 0.351 e. The summed E-state index contributed by atoms with van der Waals surface area (Å²) in [6, 6.07) is 4.18. The van der Waals surface area contributed by atoms with E-state index in [1.165, 1.54) is 12.1 Å². The molecule has 0 radical (unpaired) electrons. The van der Waals surface area contributed by atoms with E-state index >= 15 is 0 Å². The van der Waals surface area contributed by atoms with E-state index in [0.29, 0.717) is 0 Å². The monoisotopic (exact) mass is 353 g/mol. The zero-order chi connectivity index (χ0) is 18.0. The minimum atomic E-state index is -4.44. The Labute approximate surface area is 142 Å². The van der Waals surface area contributed by atoms with Crippen LogP contribution in [0.2, 0.25) is 0 Å². The molecule has 1 unspecified atom stereocenters. The Morgan fingerprint density at radius 2 is 2.04 bits per heavy atom. The van der Waals surface area contributed by atoms with E-state index in [1.807, 2.05) is 0 Å². The van der Waals surface area contributed by atoms with Crippen LogP contribution in [0.15, 0.2) is 24.3 Å². The molecule has 1 saturated carbocycles. The van der Waals surface area contributed by atoms with Gasteiger partial charge in [0.15, 0.2) is 0 Å². The largest absolute Gasteiger partial charge is 0.416 e. The lowest BCUT2D eigenvalue weighted by Crippen LogP contribution is -2.38. The number of hydrogen-bond donors (Lipinski definition) is 1. The molecule has 3 rings (SSSR count). The predicted molar refractivity (Wildman–Crippen MR) is 83.4 cm³/mol. The number of benzene rings is 1. The average molecular weight is 353 g/mol. The molecule has 25 heavy (non-hydrogen) atoms. The summed E-state index contributed by atoms with van der Waals surface area (Å²) in [6.07, 6.45) is -0.334. The van der Waals surface area contributed by atoms with Crippen LogP contribution in [0.4, 0.5) is 13.2 Å².